The molecule has 0 saturated heterocycles. The standard InChI is InChI=1S/C9H14N4O/c14-9(11-7-3-1-2-4-7)12-8-5-6-10-13-8/h5-7H,1-4H2,(H3,10,11,12,13,14). The predicted octanol–water partition coefficient (Wildman–Crippen LogP) is 1.47. The maximum absolute atomic E-state index is 11.4. The lowest BCUT2D eigenvalue weighted by molar-refractivity contribution is 0.248. The quantitative estimate of drug-likeness (QED) is 0.667. The zero-order valence-electron chi connectivity index (χ0n) is 7.92. The molecule has 2 amide bonds. The highest BCUT2D eigenvalue weighted by Gasteiger charge is 2.16. The maximum Gasteiger partial charge on any atom is 0.320 e. The summed E-state index contributed by atoms with van der Waals surface area (Å²) in [7, 11) is 0. The summed E-state index contributed by atoms with van der Waals surface area (Å²) in [4.78, 5) is 11.4. The summed E-state index contributed by atoms with van der Waals surface area (Å²) in [5.74, 6) is 0.625. The average molecular weight is 194 g/mol. The molecule has 0 aromatic carbocycles. The van der Waals surface area contributed by atoms with Gasteiger partial charge in [-0.15, -0.1) is 0 Å². The number of nitrogens with one attached hydrogen (secondary N) is 3. The van der Waals surface area contributed by atoms with Crippen LogP contribution >= 0.6 is 0 Å². The lowest BCUT2D eigenvalue weighted by Gasteiger charge is -2.11. The number of carbonyl (C=O) groups is 1. The van der Waals surface area contributed by atoms with Crippen molar-refractivity contribution in [3.8, 4) is 0 Å². The Labute approximate surface area is 82.3 Å². The molecule has 1 aromatic rings. The molecule has 1 aliphatic carbocycles. The van der Waals surface area contributed by atoms with Crippen molar-refractivity contribution in [3.05, 3.63) is 12.3 Å². The van der Waals surface area contributed by atoms with E-state index >= 15 is 0 Å². The third-order valence-electron chi connectivity index (χ3n) is 2.44. The van der Waals surface area contributed by atoms with E-state index in [0.29, 0.717) is 11.9 Å². The number of carbonyl (C=O) groups excluding carboxylic acids is 1. The fourth-order valence-corrected chi connectivity index (χ4v) is 1.74. The van der Waals surface area contributed by atoms with Gasteiger partial charge in [-0.2, -0.15) is 5.10 Å². The third-order valence-corrected chi connectivity index (χ3v) is 2.44. The first-order valence-electron chi connectivity index (χ1n) is 4.91. The maximum atomic E-state index is 11.4. The highest BCUT2D eigenvalue weighted by atomic mass is 16.2. The molecule has 0 radical (unpaired) electrons. The molecule has 1 aliphatic rings. The molecule has 0 atom stereocenters. The SMILES string of the molecule is O=C(Nc1ccn[nH]1)NC1CCCC1. The van der Waals surface area contributed by atoms with Crippen LogP contribution in [0.15, 0.2) is 12.3 Å². The molecule has 2 rings (SSSR count). The van der Waals surface area contributed by atoms with Crippen molar-refractivity contribution in [1.82, 2.24) is 15.5 Å². The van der Waals surface area contributed by atoms with Gasteiger partial charge in [0.2, 0.25) is 0 Å². The molecule has 14 heavy (non-hydrogen) atoms. The minimum Gasteiger partial charge on any atom is -0.335 e. The molecular weight excluding hydrogens is 180 g/mol. The van der Waals surface area contributed by atoms with Crippen LogP contribution < -0.4 is 10.6 Å². The van der Waals surface area contributed by atoms with E-state index in [1.54, 1.807) is 12.3 Å². The van der Waals surface area contributed by atoms with E-state index in [2.05, 4.69) is 20.8 Å². The molecule has 1 saturated carbocycles. The lowest BCUT2D eigenvalue weighted by atomic mass is 10.3. The molecule has 5 heteroatoms. The van der Waals surface area contributed by atoms with Gasteiger partial charge in [-0.3, -0.25) is 10.4 Å². The second-order valence-electron chi connectivity index (χ2n) is 3.55. The van der Waals surface area contributed by atoms with Gasteiger partial charge in [-0.25, -0.2) is 4.79 Å². The number of urea groups is 1. The predicted molar refractivity (Wildman–Crippen MR) is 53.0 cm³/mol. The summed E-state index contributed by atoms with van der Waals surface area (Å²) in [6.07, 6.45) is 6.22. The summed E-state index contributed by atoms with van der Waals surface area (Å²) < 4.78 is 0. The Morgan fingerprint density at radius 1 is 1.50 bits per heavy atom. The second-order valence-corrected chi connectivity index (χ2v) is 3.55. The monoisotopic (exact) mass is 194 g/mol. The lowest BCUT2D eigenvalue weighted by Crippen LogP contribution is -2.36. The van der Waals surface area contributed by atoms with Crippen LogP contribution in [-0.4, -0.2) is 22.3 Å². The summed E-state index contributed by atoms with van der Waals surface area (Å²) in [6.45, 7) is 0. The first kappa shape index (κ1) is 9.05. The molecule has 0 spiro atoms. The van der Waals surface area contributed by atoms with Gasteiger partial charge in [0, 0.05) is 12.1 Å². The van der Waals surface area contributed by atoms with Crippen LogP contribution in [0.1, 0.15) is 25.7 Å². The average Bonchev–Trinajstić information content (AvgIpc) is 2.76. The molecule has 1 heterocycles. The van der Waals surface area contributed by atoms with E-state index in [9.17, 15) is 4.79 Å². The summed E-state index contributed by atoms with van der Waals surface area (Å²) in [6, 6.07) is 1.91. The molecule has 3 N–H and O–H groups in total. The van der Waals surface area contributed by atoms with Crippen LogP contribution in [0, 0.1) is 0 Å². The van der Waals surface area contributed by atoms with Crippen LogP contribution in [0.25, 0.3) is 0 Å². The summed E-state index contributed by atoms with van der Waals surface area (Å²) >= 11 is 0. The number of nitrogens with zero attached hydrogens (tertiary/aromatic N) is 1. The summed E-state index contributed by atoms with van der Waals surface area (Å²) in [5, 5.41) is 12.0. The van der Waals surface area contributed by atoms with Crippen molar-refractivity contribution in [2.45, 2.75) is 31.7 Å². The van der Waals surface area contributed by atoms with Gasteiger partial charge in [-0.05, 0) is 12.8 Å². The van der Waals surface area contributed by atoms with Crippen molar-refractivity contribution in [2.75, 3.05) is 5.32 Å². The Balaban J connectivity index is 1.78. The van der Waals surface area contributed by atoms with Crippen molar-refractivity contribution in [3.63, 3.8) is 0 Å². The van der Waals surface area contributed by atoms with Gasteiger partial charge in [0.15, 0.2) is 0 Å². The third kappa shape index (κ3) is 2.25. The van der Waals surface area contributed by atoms with Crippen molar-refractivity contribution < 1.29 is 4.79 Å². The van der Waals surface area contributed by atoms with Crippen molar-refractivity contribution in [1.29, 1.82) is 0 Å². The number of amides is 2. The van der Waals surface area contributed by atoms with Crippen molar-refractivity contribution >= 4 is 11.8 Å². The molecule has 0 aliphatic heterocycles. The topological polar surface area (TPSA) is 69.8 Å². The number of rotatable bonds is 2. The number of aromatic amines is 1. The molecule has 0 unspecified atom stereocenters. The first-order valence-corrected chi connectivity index (χ1v) is 4.91. The van der Waals surface area contributed by atoms with E-state index in [1.165, 1.54) is 12.8 Å². The highest BCUT2D eigenvalue weighted by Crippen LogP contribution is 2.17. The fourth-order valence-electron chi connectivity index (χ4n) is 1.74. The number of H-pyrrole nitrogens is 1. The van der Waals surface area contributed by atoms with E-state index in [4.69, 9.17) is 0 Å². The van der Waals surface area contributed by atoms with E-state index in [-0.39, 0.29) is 6.03 Å². The van der Waals surface area contributed by atoms with Crippen molar-refractivity contribution in [2.24, 2.45) is 0 Å². The Bertz CT molecular complexity index is 290. The van der Waals surface area contributed by atoms with Gasteiger partial charge in [0.05, 0.1) is 6.20 Å². The van der Waals surface area contributed by atoms with E-state index in [1.807, 2.05) is 0 Å². The minimum absolute atomic E-state index is 0.152. The molecular formula is C9H14N4O. The molecule has 0 bridgehead atoms. The van der Waals surface area contributed by atoms with Gasteiger partial charge < -0.3 is 5.32 Å². The van der Waals surface area contributed by atoms with E-state index in [0.717, 1.165) is 12.8 Å². The largest absolute Gasteiger partial charge is 0.335 e. The normalized spacial score (nSPS) is 16.9. The fraction of sp³-hybridized carbons (Fsp3) is 0.556. The van der Waals surface area contributed by atoms with Crippen LogP contribution in [-0.2, 0) is 0 Å². The van der Waals surface area contributed by atoms with E-state index < -0.39 is 0 Å². The molecule has 5 nitrogen and oxygen atoms in total. The molecule has 1 fully saturated rings. The molecule has 1 aromatic heterocycles. The van der Waals surface area contributed by atoms with Crippen LogP contribution in [0.3, 0.4) is 0 Å². The van der Waals surface area contributed by atoms with Crippen LogP contribution in [0.5, 0.6) is 0 Å². The Morgan fingerprint density at radius 2 is 2.29 bits per heavy atom. The highest BCUT2D eigenvalue weighted by molar-refractivity contribution is 5.88. The number of hydrogen-bond donors (Lipinski definition) is 3. The second kappa shape index (κ2) is 4.13. The smallest absolute Gasteiger partial charge is 0.320 e. The Morgan fingerprint density at radius 3 is 2.93 bits per heavy atom. The van der Waals surface area contributed by atoms with Gasteiger partial charge in [0.1, 0.15) is 5.82 Å². The first-order chi connectivity index (χ1) is 6.84. The van der Waals surface area contributed by atoms with Gasteiger partial charge in [0.25, 0.3) is 0 Å². The Hall–Kier alpha value is -1.52. The van der Waals surface area contributed by atoms with Gasteiger partial charge >= 0.3 is 6.03 Å². The summed E-state index contributed by atoms with van der Waals surface area (Å²) in [5.41, 5.74) is 0. The number of anilines is 1. The molecule has 76 valence electrons. The number of hydrogen-bond acceptors (Lipinski definition) is 2. The zero-order chi connectivity index (χ0) is 9.80. The Kier molecular flexibility index (Phi) is 2.67. The van der Waals surface area contributed by atoms with Crippen LogP contribution in [0.2, 0.25) is 0 Å². The minimum atomic E-state index is -0.152. The van der Waals surface area contributed by atoms with Crippen LogP contribution in [0.4, 0.5) is 10.6 Å². The zero-order valence-corrected chi connectivity index (χ0v) is 7.92. The van der Waals surface area contributed by atoms with Gasteiger partial charge in [-0.1, -0.05) is 12.8 Å². The number of aromatic nitrogens is 2.